The zero-order chi connectivity index (χ0) is 19.2. The number of nitrogens with one attached hydrogen (secondary N) is 2. The maximum absolute atomic E-state index is 13.0. The molecule has 1 amide bonds. The first-order valence-corrected chi connectivity index (χ1v) is 8.42. The second kappa shape index (κ2) is 6.26. The standard InChI is InChI=1S/C18H16F3N5O/c1-10-16(23-9-22-10)17(27)24-12-4-6-13(7-5-12)26-14(11-2-3-11)8-15(25-26)18(19,20)21/h4-9,11H,2-3H2,1H3,(H,22,23)(H,24,27). The van der Waals surface area contributed by atoms with Crippen molar-refractivity contribution in [3.05, 3.63) is 59.4 Å². The summed E-state index contributed by atoms with van der Waals surface area (Å²) in [5.41, 5.74) is 1.65. The van der Waals surface area contributed by atoms with Gasteiger partial charge in [-0.1, -0.05) is 0 Å². The van der Waals surface area contributed by atoms with E-state index < -0.39 is 11.9 Å². The number of carbonyl (C=O) groups is 1. The topological polar surface area (TPSA) is 75.6 Å². The third-order valence-corrected chi connectivity index (χ3v) is 4.45. The van der Waals surface area contributed by atoms with Gasteiger partial charge in [-0.15, -0.1) is 0 Å². The van der Waals surface area contributed by atoms with Gasteiger partial charge < -0.3 is 10.3 Å². The van der Waals surface area contributed by atoms with Crippen molar-refractivity contribution in [2.24, 2.45) is 0 Å². The number of nitrogens with zero attached hydrogens (tertiary/aromatic N) is 3. The van der Waals surface area contributed by atoms with Gasteiger partial charge in [-0.3, -0.25) is 4.79 Å². The number of aromatic amines is 1. The van der Waals surface area contributed by atoms with Crippen LogP contribution in [0.15, 0.2) is 36.7 Å². The van der Waals surface area contributed by atoms with Crippen LogP contribution in [0.25, 0.3) is 5.69 Å². The molecule has 0 aliphatic heterocycles. The molecular weight excluding hydrogens is 359 g/mol. The van der Waals surface area contributed by atoms with Gasteiger partial charge in [-0.25, -0.2) is 9.67 Å². The SMILES string of the molecule is Cc1nc[nH]c1C(=O)Nc1ccc(-n2nc(C(F)(F)F)cc2C2CC2)cc1. The van der Waals surface area contributed by atoms with Gasteiger partial charge in [0.05, 0.1) is 17.7 Å². The molecule has 1 aliphatic rings. The molecule has 4 rings (SSSR count). The minimum Gasteiger partial charge on any atom is -0.340 e. The van der Waals surface area contributed by atoms with E-state index in [4.69, 9.17) is 0 Å². The zero-order valence-corrected chi connectivity index (χ0v) is 14.3. The fourth-order valence-electron chi connectivity index (χ4n) is 2.88. The predicted octanol–water partition coefficient (Wildman–Crippen LogP) is 4.05. The second-order valence-corrected chi connectivity index (χ2v) is 6.50. The molecule has 9 heteroatoms. The molecule has 0 unspecified atom stereocenters. The molecule has 3 aromatic rings. The van der Waals surface area contributed by atoms with E-state index in [2.05, 4.69) is 20.4 Å². The van der Waals surface area contributed by atoms with Gasteiger partial charge in [-0.2, -0.15) is 18.3 Å². The largest absolute Gasteiger partial charge is 0.435 e. The Morgan fingerprint density at radius 2 is 1.96 bits per heavy atom. The number of hydrogen-bond donors (Lipinski definition) is 2. The lowest BCUT2D eigenvalue weighted by atomic mass is 10.2. The fourth-order valence-corrected chi connectivity index (χ4v) is 2.88. The molecule has 1 aromatic carbocycles. The third kappa shape index (κ3) is 3.44. The lowest BCUT2D eigenvalue weighted by Gasteiger charge is -2.09. The number of anilines is 1. The summed E-state index contributed by atoms with van der Waals surface area (Å²) in [6.45, 7) is 1.71. The molecule has 2 aromatic heterocycles. The van der Waals surface area contributed by atoms with E-state index in [1.54, 1.807) is 31.2 Å². The second-order valence-electron chi connectivity index (χ2n) is 6.50. The number of H-pyrrole nitrogens is 1. The van der Waals surface area contributed by atoms with Crippen molar-refractivity contribution >= 4 is 11.6 Å². The van der Waals surface area contributed by atoms with Gasteiger partial charge in [0.25, 0.3) is 5.91 Å². The van der Waals surface area contributed by atoms with Crippen LogP contribution in [0.3, 0.4) is 0 Å². The van der Waals surface area contributed by atoms with E-state index in [1.165, 1.54) is 11.0 Å². The molecule has 1 saturated carbocycles. The van der Waals surface area contributed by atoms with Gasteiger partial charge in [0.2, 0.25) is 0 Å². The Labute approximate surface area is 152 Å². The number of rotatable bonds is 4. The number of alkyl halides is 3. The molecule has 0 saturated heterocycles. The highest BCUT2D eigenvalue weighted by Crippen LogP contribution is 2.43. The van der Waals surface area contributed by atoms with E-state index >= 15 is 0 Å². The highest BCUT2D eigenvalue weighted by atomic mass is 19.4. The van der Waals surface area contributed by atoms with E-state index in [-0.39, 0.29) is 11.8 Å². The highest BCUT2D eigenvalue weighted by molar-refractivity contribution is 6.03. The Bertz CT molecular complexity index is 983. The first-order valence-electron chi connectivity index (χ1n) is 8.42. The Balaban J connectivity index is 1.58. The number of amides is 1. The Morgan fingerprint density at radius 3 is 2.52 bits per heavy atom. The fraction of sp³-hybridized carbons (Fsp3) is 0.278. The van der Waals surface area contributed by atoms with Crippen LogP contribution in [0.2, 0.25) is 0 Å². The minimum absolute atomic E-state index is 0.108. The molecule has 2 N–H and O–H groups in total. The summed E-state index contributed by atoms with van der Waals surface area (Å²) >= 11 is 0. The molecule has 140 valence electrons. The number of benzene rings is 1. The van der Waals surface area contributed by atoms with Crippen LogP contribution < -0.4 is 5.32 Å². The summed E-state index contributed by atoms with van der Waals surface area (Å²) in [6.07, 6.45) is -1.32. The summed E-state index contributed by atoms with van der Waals surface area (Å²) in [5, 5.41) is 6.47. The summed E-state index contributed by atoms with van der Waals surface area (Å²) < 4.78 is 40.4. The zero-order valence-electron chi connectivity index (χ0n) is 14.3. The number of carbonyl (C=O) groups excluding carboxylic acids is 1. The van der Waals surface area contributed by atoms with Crippen LogP contribution in [0.1, 0.15) is 46.3 Å². The van der Waals surface area contributed by atoms with Crippen LogP contribution in [0, 0.1) is 6.92 Å². The third-order valence-electron chi connectivity index (χ3n) is 4.45. The summed E-state index contributed by atoms with van der Waals surface area (Å²) in [7, 11) is 0. The van der Waals surface area contributed by atoms with Gasteiger partial charge in [-0.05, 0) is 50.1 Å². The van der Waals surface area contributed by atoms with Crippen molar-refractivity contribution in [3.63, 3.8) is 0 Å². The summed E-state index contributed by atoms with van der Waals surface area (Å²) in [6, 6.07) is 7.65. The average Bonchev–Trinajstić information content (AvgIpc) is 3.20. The Kier molecular flexibility index (Phi) is 4.01. The number of aryl methyl sites for hydroxylation is 1. The van der Waals surface area contributed by atoms with Crippen molar-refractivity contribution in [1.29, 1.82) is 0 Å². The lowest BCUT2D eigenvalue weighted by molar-refractivity contribution is -0.141. The van der Waals surface area contributed by atoms with E-state index in [1.807, 2.05) is 0 Å². The number of aromatic nitrogens is 4. The summed E-state index contributed by atoms with van der Waals surface area (Å²) in [5.74, 6) is -0.230. The molecule has 1 fully saturated rings. The molecule has 1 aliphatic carbocycles. The first kappa shape index (κ1) is 17.3. The smallest absolute Gasteiger partial charge is 0.340 e. The molecule has 6 nitrogen and oxygen atoms in total. The summed E-state index contributed by atoms with van der Waals surface area (Å²) in [4.78, 5) is 18.9. The maximum atomic E-state index is 13.0. The molecule has 0 spiro atoms. The normalized spacial score (nSPS) is 14.4. The number of hydrogen-bond acceptors (Lipinski definition) is 3. The average molecular weight is 375 g/mol. The first-order chi connectivity index (χ1) is 12.8. The van der Waals surface area contributed by atoms with Crippen molar-refractivity contribution in [3.8, 4) is 5.69 Å². The number of halogens is 3. The molecule has 0 radical (unpaired) electrons. The van der Waals surface area contributed by atoms with Crippen molar-refractivity contribution in [1.82, 2.24) is 19.7 Å². The Morgan fingerprint density at radius 1 is 1.26 bits per heavy atom. The molecule has 0 bridgehead atoms. The minimum atomic E-state index is -4.48. The monoisotopic (exact) mass is 375 g/mol. The van der Waals surface area contributed by atoms with E-state index in [9.17, 15) is 18.0 Å². The van der Waals surface area contributed by atoms with Crippen molar-refractivity contribution < 1.29 is 18.0 Å². The van der Waals surface area contributed by atoms with E-state index in [0.717, 1.165) is 18.9 Å². The maximum Gasteiger partial charge on any atom is 0.435 e. The Hall–Kier alpha value is -3.10. The molecular formula is C18H16F3N5O. The van der Waals surface area contributed by atoms with Crippen LogP contribution in [0.4, 0.5) is 18.9 Å². The van der Waals surface area contributed by atoms with Crippen LogP contribution in [-0.2, 0) is 6.18 Å². The van der Waals surface area contributed by atoms with Crippen molar-refractivity contribution in [2.75, 3.05) is 5.32 Å². The quantitative estimate of drug-likeness (QED) is 0.722. The van der Waals surface area contributed by atoms with Crippen LogP contribution >= 0.6 is 0 Å². The van der Waals surface area contributed by atoms with Gasteiger partial charge in [0, 0.05) is 17.3 Å². The van der Waals surface area contributed by atoms with Gasteiger partial charge in [0.1, 0.15) is 5.69 Å². The van der Waals surface area contributed by atoms with Gasteiger partial charge >= 0.3 is 6.18 Å². The van der Waals surface area contributed by atoms with Crippen molar-refractivity contribution in [2.45, 2.75) is 31.9 Å². The van der Waals surface area contributed by atoms with E-state index in [0.29, 0.717) is 28.5 Å². The van der Waals surface area contributed by atoms with Crippen LogP contribution in [-0.4, -0.2) is 25.7 Å². The predicted molar refractivity (Wildman–Crippen MR) is 91.8 cm³/mol. The van der Waals surface area contributed by atoms with Gasteiger partial charge in [0.15, 0.2) is 5.69 Å². The molecule has 0 atom stereocenters. The van der Waals surface area contributed by atoms with Crippen LogP contribution in [0.5, 0.6) is 0 Å². The molecule has 27 heavy (non-hydrogen) atoms. The molecule has 2 heterocycles. The highest BCUT2D eigenvalue weighted by Gasteiger charge is 2.38. The lowest BCUT2D eigenvalue weighted by Crippen LogP contribution is -2.13. The number of imidazole rings is 1.